The van der Waals surface area contributed by atoms with Crippen molar-refractivity contribution in [2.45, 2.75) is 19.9 Å². The van der Waals surface area contributed by atoms with Crippen molar-refractivity contribution in [1.82, 2.24) is 10.2 Å². The van der Waals surface area contributed by atoms with Gasteiger partial charge in [0.2, 0.25) is 11.8 Å². The van der Waals surface area contributed by atoms with Gasteiger partial charge in [-0.1, -0.05) is 18.2 Å². The quantitative estimate of drug-likeness (QED) is 0.631. The standard InChI is InChI=1S/C25H29N3O5/c1-17-21(25(31)28-13-15-33-16-14-28)5-4-6-22(17)27-24(30)18(2)26-23(29)12-9-19-7-10-20(32-3)11-8-19/h4-12,18H,13-16H2,1-3H3,(H,26,29)(H,27,30)/b12-9+. The highest BCUT2D eigenvalue weighted by Gasteiger charge is 2.22. The van der Waals surface area contributed by atoms with E-state index in [0.717, 1.165) is 11.3 Å². The summed E-state index contributed by atoms with van der Waals surface area (Å²) in [6, 6.07) is 11.7. The lowest BCUT2D eigenvalue weighted by Gasteiger charge is -2.27. The summed E-state index contributed by atoms with van der Waals surface area (Å²) in [7, 11) is 1.59. The van der Waals surface area contributed by atoms with Gasteiger partial charge < -0.3 is 25.0 Å². The van der Waals surface area contributed by atoms with Crippen LogP contribution >= 0.6 is 0 Å². The van der Waals surface area contributed by atoms with Crippen molar-refractivity contribution in [2.24, 2.45) is 0 Å². The van der Waals surface area contributed by atoms with E-state index in [1.807, 2.05) is 12.1 Å². The second kappa shape index (κ2) is 11.3. The number of morpholine rings is 1. The van der Waals surface area contributed by atoms with Crippen LogP contribution in [0.25, 0.3) is 6.08 Å². The van der Waals surface area contributed by atoms with Crippen molar-refractivity contribution >= 4 is 29.5 Å². The fourth-order valence-corrected chi connectivity index (χ4v) is 3.39. The molecule has 0 bridgehead atoms. The summed E-state index contributed by atoms with van der Waals surface area (Å²) in [5, 5.41) is 5.46. The second-order valence-electron chi connectivity index (χ2n) is 7.71. The van der Waals surface area contributed by atoms with Gasteiger partial charge in [0.1, 0.15) is 11.8 Å². The average Bonchev–Trinajstić information content (AvgIpc) is 2.84. The third-order valence-electron chi connectivity index (χ3n) is 5.42. The van der Waals surface area contributed by atoms with Crippen molar-refractivity contribution in [3.8, 4) is 5.75 Å². The highest BCUT2D eigenvalue weighted by atomic mass is 16.5. The first-order valence-electron chi connectivity index (χ1n) is 10.8. The Bertz CT molecular complexity index is 1030. The van der Waals surface area contributed by atoms with E-state index in [0.29, 0.717) is 43.1 Å². The minimum Gasteiger partial charge on any atom is -0.497 e. The van der Waals surface area contributed by atoms with Gasteiger partial charge in [0.05, 0.1) is 20.3 Å². The molecule has 1 aliphatic rings. The van der Waals surface area contributed by atoms with Crippen molar-refractivity contribution in [2.75, 3.05) is 38.7 Å². The van der Waals surface area contributed by atoms with Crippen LogP contribution in [0.3, 0.4) is 0 Å². The summed E-state index contributed by atoms with van der Waals surface area (Å²) in [6.45, 7) is 5.53. The van der Waals surface area contributed by atoms with Gasteiger partial charge in [0.15, 0.2) is 0 Å². The van der Waals surface area contributed by atoms with Crippen molar-refractivity contribution in [3.05, 3.63) is 65.2 Å². The van der Waals surface area contributed by atoms with Crippen LogP contribution in [0.5, 0.6) is 5.75 Å². The minimum atomic E-state index is -0.768. The molecule has 1 saturated heterocycles. The molecule has 1 heterocycles. The molecule has 3 amide bonds. The first-order valence-corrected chi connectivity index (χ1v) is 10.8. The Morgan fingerprint density at radius 2 is 1.79 bits per heavy atom. The predicted octanol–water partition coefficient (Wildman–Crippen LogP) is 2.63. The number of nitrogens with zero attached hydrogens (tertiary/aromatic N) is 1. The molecular weight excluding hydrogens is 422 g/mol. The van der Waals surface area contributed by atoms with Gasteiger partial charge in [-0.3, -0.25) is 14.4 Å². The highest BCUT2D eigenvalue weighted by Crippen LogP contribution is 2.21. The summed E-state index contributed by atoms with van der Waals surface area (Å²) in [5.74, 6) is -0.119. The zero-order valence-corrected chi connectivity index (χ0v) is 19.1. The van der Waals surface area contributed by atoms with Gasteiger partial charge in [-0.15, -0.1) is 0 Å². The molecule has 8 heteroatoms. The normalized spacial score (nSPS) is 14.6. The highest BCUT2D eigenvalue weighted by molar-refractivity contribution is 6.02. The Morgan fingerprint density at radius 3 is 2.45 bits per heavy atom. The van der Waals surface area contributed by atoms with E-state index in [2.05, 4.69) is 10.6 Å². The molecule has 1 aliphatic heterocycles. The van der Waals surface area contributed by atoms with Crippen molar-refractivity contribution in [1.29, 1.82) is 0 Å². The SMILES string of the molecule is COc1ccc(/C=C/C(=O)NC(C)C(=O)Nc2cccc(C(=O)N3CCOCC3)c2C)cc1. The molecule has 0 saturated carbocycles. The zero-order valence-electron chi connectivity index (χ0n) is 19.1. The summed E-state index contributed by atoms with van der Waals surface area (Å²) in [4.78, 5) is 39.5. The van der Waals surface area contributed by atoms with Gasteiger partial charge in [-0.2, -0.15) is 0 Å². The number of anilines is 1. The number of hydrogen-bond donors (Lipinski definition) is 2. The lowest BCUT2D eigenvalue weighted by atomic mass is 10.0. The Kier molecular flexibility index (Phi) is 8.21. The number of ether oxygens (including phenoxy) is 2. The number of carbonyl (C=O) groups excluding carboxylic acids is 3. The smallest absolute Gasteiger partial charge is 0.254 e. The second-order valence-corrected chi connectivity index (χ2v) is 7.71. The molecule has 1 unspecified atom stereocenters. The van der Waals surface area contributed by atoms with Crippen LogP contribution in [-0.4, -0.2) is 62.1 Å². The molecule has 2 aromatic rings. The predicted molar refractivity (Wildman–Crippen MR) is 126 cm³/mol. The summed E-state index contributed by atoms with van der Waals surface area (Å²) >= 11 is 0. The Labute approximate surface area is 193 Å². The molecule has 2 aromatic carbocycles. The number of amides is 3. The zero-order chi connectivity index (χ0) is 23.8. The fourth-order valence-electron chi connectivity index (χ4n) is 3.39. The summed E-state index contributed by atoms with van der Waals surface area (Å²) in [6.07, 6.45) is 3.03. The summed E-state index contributed by atoms with van der Waals surface area (Å²) < 4.78 is 10.4. The van der Waals surface area contributed by atoms with Crippen LogP contribution in [0.1, 0.15) is 28.4 Å². The Hall–Kier alpha value is -3.65. The monoisotopic (exact) mass is 451 g/mol. The van der Waals surface area contributed by atoms with Crippen LogP contribution in [0.15, 0.2) is 48.5 Å². The fraction of sp³-hybridized carbons (Fsp3) is 0.320. The third kappa shape index (κ3) is 6.43. The number of rotatable bonds is 7. The Morgan fingerprint density at radius 1 is 1.09 bits per heavy atom. The number of methoxy groups -OCH3 is 1. The van der Waals surface area contributed by atoms with Gasteiger partial charge in [-0.25, -0.2) is 0 Å². The maximum atomic E-state index is 12.8. The van der Waals surface area contributed by atoms with Gasteiger partial charge in [0.25, 0.3) is 5.91 Å². The van der Waals surface area contributed by atoms with Crippen LogP contribution < -0.4 is 15.4 Å². The molecule has 0 spiro atoms. The molecule has 0 aliphatic carbocycles. The summed E-state index contributed by atoms with van der Waals surface area (Å²) in [5.41, 5.74) is 2.59. The van der Waals surface area contributed by atoms with Crippen molar-refractivity contribution < 1.29 is 23.9 Å². The Balaban J connectivity index is 1.59. The number of nitrogens with one attached hydrogen (secondary N) is 2. The largest absolute Gasteiger partial charge is 0.497 e. The minimum absolute atomic E-state index is 0.0862. The number of benzene rings is 2. The molecule has 3 rings (SSSR count). The van der Waals surface area contributed by atoms with E-state index in [9.17, 15) is 14.4 Å². The molecule has 8 nitrogen and oxygen atoms in total. The molecule has 0 aromatic heterocycles. The molecule has 1 atom stereocenters. The van der Waals surface area contributed by atoms with Crippen LogP contribution in [0.4, 0.5) is 5.69 Å². The molecule has 1 fully saturated rings. The third-order valence-corrected chi connectivity index (χ3v) is 5.42. The lowest BCUT2D eigenvalue weighted by Crippen LogP contribution is -2.41. The topological polar surface area (TPSA) is 97.0 Å². The van der Waals surface area contributed by atoms with Crippen LogP contribution in [-0.2, 0) is 14.3 Å². The molecule has 0 radical (unpaired) electrons. The van der Waals surface area contributed by atoms with Gasteiger partial charge >= 0.3 is 0 Å². The van der Waals surface area contributed by atoms with Crippen molar-refractivity contribution in [3.63, 3.8) is 0 Å². The maximum absolute atomic E-state index is 12.8. The molecule has 33 heavy (non-hydrogen) atoms. The van der Waals surface area contributed by atoms with Gasteiger partial charge in [0, 0.05) is 30.4 Å². The van der Waals surface area contributed by atoms with E-state index in [1.165, 1.54) is 6.08 Å². The lowest BCUT2D eigenvalue weighted by molar-refractivity contribution is -0.123. The van der Waals surface area contributed by atoms with Crippen LogP contribution in [0.2, 0.25) is 0 Å². The molecular formula is C25H29N3O5. The van der Waals surface area contributed by atoms with Crippen LogP contribution in [0, 0.1) is 6.92 Å². The first kappa shape index (κ1) is 24.0. The number of hydrogen-bond acceptors (Lipinski definition) is 5. The van der Waals surface area contributed by atoms with E-state index in [-0.39, 0.29) is 17.7 Å². The van der Waals surface area contributed by atoms with E-state index < -0.39 is 6.04 Å². The number of carbonyl (C=O) groups is 3. The van der Waals surface area contributed by atoms with E-state index >= 15 is 0 Å². The van der Waals surface area contributed by atoms with Gasteiger partial charge in [-0.05, 0) is 55.3 Å². The maximum Gasteiger partial charge on any atom is 0.254 e. The van der Waals surface area contributed by atoms with E-state index in [4.69, 9.17) is 9.47 Å². The first-order chi connectivity index (χ1) is 15.9. The van der Waals surface area contributed by atoms with E-state index in [1.54, 1.807) is 62.3 Å². The average molecular weight is 452 g/mol. The molecule has 174 valence electrons. The molecule has 2 N–H and O–H groups in total.